The number of hydrogen-bond acceptors (Lipinski definition) is 7. The van der Waals surface area contributed by atoms with E-state index in [1.54, 1.807) is 17.6 Å². The van der Waals surface area contributed by atoms with Gasteiger partial charge in [-0.15, -0.1) is 11.3 Å². The van der Waals surface area contributed by atoms with Gasteiger partial charge in [0.2, 0.25) is 11.6 Å². The van der Waals surface area contributed by atoms with E-state index in [0.717, 1.165) is 21.8 Å². The number of nitriles is 1. The Balaban J connectivity index is 1.65. The summed E-state index contributed by atoms with van der Waals surface area (Å²) < 4.78 is 7.43. The fraction of sp³-hybridized carbons (Fsp3) is 0.143. The maximum atomic E-state index is 9.25. The zero-order chi connectivity index (χ0) is 20.2. The topological polar surface area (TPSA) is 92.0 Å². The van der Waals surface area contributed by atoms with Crippen molar-refractivity contribution in [1.82, 2.24) is 14.8 Å². The molecule has 29 heavy (non-hydrogen) atoms. The molecule has 3 aromatic heterocycles. The highest BCUT2D eigenvalue weighted by Crippen LogP contribution is 2.27. The SMILES string of the molecule is CC(C)c1nc(C#N)c(N/N=C\c2cn(-c3ccccc3)nc2-c2cccs2)o1. The third kappa shape index (κ3) is 3.95. The molecule has 1 N–H and O–H groups in total. The number of benzene rings is 1. The molecule has 0 amide bonds. The molecule has 0 atom stereocenters. The first-order valence-corrected chi connectivity index (χ1v) is 9.92. The first-order valence-electron chi connectivity index (χ1n) is 9.04. The van der Waals surface area contributed by atoms with Crippen LogP contribution in [0.2, 0.25) is 0 Å². The van der Waals surface area contributed by atoms with Crippen LogP contribution in [0, 0.1) is 11.3 Å². The Morgan fingerprint density at radius 2 is 2.07 bits per heavy atom. The average molecular weight is 402 g/mol. The second kappa shape index (κ2) is 8.12. The maximum absolute atomic E-state index is 9.25. The van der Waals surface area contributed by atoms with E-state index < -0.39 is 0 Å². The first-order chi connectivity index (χ1) is 14.2. The molecule has 3 heterocycles. The molecule has 8 heteroatoms. The Morgan fingerprint density at radius 1 is 1.24 bits per heavy atom. The summed E-state index contributed by atoms with van der Waals surface area (Å²) in [7, 11) is 0. The minimum atomic E-state index is 0.0798. The lowest BCUT2D eigenvalue weighted by atomic mass is 10.2. The number of aromatic nitrogens is 3. The lowest BCUT2D eigenvalue weighted by Crippen LogP contribution is -1.93. The highest BCUT2D eigenvalue weighted by molar-refractivity contribution is 7.13. The summed E-state index contributed by atoms with van der Waals surface area (Å²) in [6.45, 7) is 3.90. The van der Waals surface area contributed by atoms with E-state index in [4.69, 9.17) is 9.52 Å². The Bertz CT molecular complexity index is 1170. The second-order valence-corrected chi connectivity index (χ2v) is 7.50. The monoisotopic (exact) mass is 402 g/mol. The number of nitrogens with zero attached hydrogens (tertiary/aromatic N) is 5. The van der Waals surface area contributed by atoms with Gasteiger partial charge >= 0.3 is 0 Å². The number of hydrazone groups is 1. The molecule has 0 aliphatic rings. The van der Waals surface area contributed by atoms with Crippen LogP contribution >= 0.6 is 11.3 Å². The van der Waals surface area contributed by atoms with Crippen molar-refractivity contribution in [3.05, 3.63) is 71.2 Å². The number of para-hydroxylation sites is 1. The summed E-state index contributed by atoms with van der Waals surface area (Å²) in [5.41, 5.74) is 5.61. The molecule has 0 saturated heterocycles. The van der Waals surface area contributed by atoms with E-state index in [0.29, 0.717) is 5.89 Å². The summed E-state index contributed by atoms with van der Waals surface area (Å²) >= 11 is 1.61. The smallest absolute Gasteiger partial charge is 0.252 e. The second-order valence-electron chi connectivity index (χ2n) is 6.56. The average Bonchev–Trinajstić information content (AvgIpc) is 3.48. The van der Waals surface area contributed by atoms with Gasteiger partial charge in [0.1, 0.15) is 11.8 Å². The van der Waals surface area contributed by atoms with Gasteiger partial charge in [0.05, 0.1) is 16.8 Å². The molecule has 0 saturated carbocycles. The number of oxazole rings is 1. The molecule has 0 aliphatic carbocycles. The van der Waals surface area contributed by atoms with Gasteiger partial charge < -0.3 is 4.42 Å². The molecule has 0 aliphatic heterocycles. The van der Waals surface area contributed by atoms with Crippen molar-refractivity contribution in [2.75, 3.05) is 5.43 Å². The van der Waals surface area contributed by atoms with Crippen LogP contribution in [-0.4, -0.2) is 21.0 Å². The lowest BCUT2D eigenvalue weighted by molar-refractivity contribution is 0.481. The van der Waals surface area contributed by atoms with Crippen LogP contribution in [0.5, 0.6) is 0 Å². The van der Waals surface area contributed by atoms with E-state index in [2.05, 4.69) is 15.5 Å². The van der Waals surface area contributed by atoms with Gasteiger partial charge in [0.25, 0.3) is 5.88 Å². The zero-order valence-corrected chi connectivity index (χ0v) is 16.7. The lowest BCUT2D eigenvalue weighted by Gasteiger charge is -1.98. The summed E-state index contributed by atoms with van der Waals surface area (Å²) in [6.07, 6.45) is 3.58. The molecule has 0 bridgehead atoms. The van der Waals surface area contributed by atoms with Gasteiger partial charge in [-0.25, -0.2) is 15.1 Å². The van der Waals surface area contributed by atoms with Crippen molar-refractivity contribution in [2.45, 2.75) is 19.8 Å². The van der Waals surface area contributed by atoms with E-state index in [1.165, 1.54) is 0 Å². The minimum Gasteiger partial charge on any atom is -0.422 e. The quantitative estimate of drug-likeness (QED) is 0.361. The Morgan fingerprint density at radius 3 is 2.76 bits per heavy atom. The highest BCUT2D eigenvalue weighted by Gasteiger charge is 2.15. The number of nitrogens with one attached hydrogen (secondary N) is 1. The zero-order valence-electron chi connectivity index (χ0n) is 15.9. The largest absolute Gasteiger partial charge is 0.422 e. The van der Waals surface area contributed by atoms with Gasteiger partial charge in [0, 0.05) is 17.7 Å². The Labute approximate surface area is 171 Å². The van der Waals surface area contributed by atoms with Crippen molar-refractivity contribution >= 4 is 23.4 Å². The van der Waals surface area contributed by atoms with E-state index in [-0.39, 0.29) is 17.5 Å². The fourth-order valence-electron chi connectivity index (χ4n) is 2.70. The molecule has 1 aromatic carbocycles. The third-order valence-electron chi connectivity index (χ3n) is 4.13. The Kier molecular flexibility index (Phi) is 5.22. The minimum absolute atomic E-state index is 0.0798. The summed E-state index contributed by atoms with van der Waals surface area (Å²) in [4.78, 5) is 5.22. The molecular weight excluding hydrogens is 384 g/mol. The standard InChI is InChI=1S/C21H18N6OS/c1-14(2)20-24-17(11-22)21(28-20)25-23-12-15-13-27(16-7-4-3-5-8-16)26-19(15)18-9-6-10-29-18/h3-10,12-14,25H,1-2H3/b23-12-. The van der Waals surface area contributed by atoms with Gasteiger partial charge in [-0.2, -0.15) is 15.5 Å². The number of hydrogen-bond donors (Lipinski definition) is 1. The molecule has 7 nitrogen and oxygen atoms in total. The van der Waals surface area contributed by atoms with E-state index in [9.17, 15) is 5.26 Å². The molecule has 144 valence electrons. The number of thiophene rings is 1. The van der Waals surface area contributed by atoms with Crippen LogP contribution < -0.4 is 5.43 Å². The fourth-order valence-corrected chi connectivity index (χ4v) is 3.43. The summed E-state index contributed by atoms with van der Waals surface area (Å²) in [5, 5.41) is 20.3. The molecular formula is C21H18N6OS. The van der Waals surface area contributed by atoms with E-state index >= 15 is 0 Å². The van der Waals surface area contributed by atoms with Crippen LogP contribution in [0.1, 0.15) is 36.9 Å². The van der Waals surface area contributed by atoms with Gasteiger partial charge in [-0.1, -0.05) is 38.1 Å². The normalized spacial score (nSPS) is 11.2. The van der Waals surface area contributed by atoms with Crippen LogP contribution in [-0.2, 0) is 0 Å². The van der Waals surface area contributed by atoms with Gasteiger partial charge in [-0.05, 0) is 23.6 Å². The van der Waals surface area contributed by atoms with Crippen LogP contribution in [0.4, 0.5) is 5.88 Å². The molecule has 0 radical (unpaired) electrons. The Hall–Kier alpha value is -3.70. The predicted octanol–water partition coefficient (Wildman–Crippen LogP) is 5.03. The van der Waals surface area contributed by atoms with Crippen LogP contribution in [0.25, 0.3) is 16.3 Å². The van der Waals surface area contributed by atoms with Crippen molar-refractivity contribution in [1.29, 1.82) is 5.26 Å². The van der Waals surface area contributed by atoms with Gasteiger partial charge in [0.15, 0.2) is 0 Å². The van der Waals surface area contributed by atoms with E-state index in [1.807, 2.05) is 78.6 Å². The molecule has 0 unspecified atom stereocenters. The highest BCUT2D eigenvalue weighted by atomic mass is 32.1. The first kappa shape index (κ1) is 18.7. The van der Waals surface area contributed by atoms with Crippen molar-refractivity contribution in [3.63, 3.8) is 0 Å². The molecule has 4 aromatic rings. The molecule has 0 spiro atoms. The summed E-state index contributed by atoms with van der Waals surface area (Å²) in [6, 6.07) is 15.9. The number of rotatable bonds is 6. The van der Waals surface area contributed by atoms with Gasteiger partial charge in [-0.3, -0.25) is 0 Å². The van der Waals surface area contributed by atoms with Crippen LogP contribution in [0.3, 0.4) is 0 Å². The predicted molar refractivity (Wildman–Crippen MR) is 113 cm³/mol. The van der Waals surface area contributed by atoms with Crippen molar-refractivity contribution in [3.8, 4) is 22.3 Å². The summed E-state index contributed by atoms with van der Waals surface area (Å²) in [5.74, 6) is 0.812. The molecule has 0 fully saturated rings. The maximum Gasteiger partial charge on any atom is 0.252 e. The van der Waals surface area contributed by atoms with Crippen molar-refractivity contribution in [2.24, 2.45) is 5.10 Å². The van der Waals surface area contributed by atoms with Crippen molar-refractivity contribution < 1.29 is 4.42 Å². The number of anilines is 1. The third-order valence-corrected chi connectivity index (χ3v) is 5.01. The molecule has 4 rings (SSSR count). The van der Waals surface area contributed by atoms with Crippen LogP contribution in [0.15, 0.2) is 63.6 Å².